The summed E-state index contributed by atoms with van der Waals surface area (Å²) in [5.41, 5.74) is 7.33. The summed E-state index contributed by atoms with van der Waals surface area (Å²) in [5.74, 6) is 0. The van der Waals surface area contributed by atoms with Gasteiger partial charge in [0.05, 0.1) is 0 Å². The van der Waals surface area contributed by atoms with Gasteiger partial charge in [0.1, 0.15) is 0 Å². The molecule has 0 amide bonds. The minimum atomic E-state index is 0.257. The van der Waals surface area contributed by atoms with Gasteiger partial charge in [-0.05, 0) is 49.2 Å². The summed E-state index contributed by atoms with van der Waals surface area (Å²) < 4.78 is 0. The number of benzene rings is 1. The van der Waals surface area contributed by atoms with Crippen molar-refractivity contribution in [2.75, 3.05) is 44.2 Å². The number of piperazine rings is 1. The molecular weight excluding hydrogens is 270 g/mol. The molecule has 0 bridgehead atoms. The Kier molecular flexibility index (Phi) is 5.30. The first-order valence-electron chi connectivity index (χ1n) is 7.43. The third-order valence-corrected chi connectivity index (χ3v) is 4.47. The highest BCUT2D eigenvalue weighted by atomic mass is 35.5. The van der Waals surface area contributed by atoms with Crippen molar-refractivity contribution in [2.45, 2.75) is 20.3 Å². The number of nitrogens with two attached hydrogens (primary N) is 1. The SMILES string of the molecule is CC(C)(CN)CCN1CCN(c2ccc(Cl)cc2)CC1. The molecule has 0 spiro atoms. The molecule has 1 aromatic rings. The lowest BCUT2D eigenvalue weighted by molar-refractivity contribution is 0.211. The molecule has 1 heterocycles. The van der Waals surface area contributed by atoms with E-state index in [0.717, 1.165) is 44.3 Å². The van der Waals surface area contributed by atoms with Gasteiger partial charge < -0.3 is 10.6 Å². The van der Waals surface area contributed by atoms with Gasteiger partial charge in [-0.1, -0.05) is 25.4 Å². The van der Waals surface area contributed by atoms with Gasteiger partial charge in [0.25, 0.3) is 0 Å². The summed E-state index contributed by atoms with van der Waals surface area (Å²) in [4.78, 5) is 4.98. The number of halogens is 1. The Bertz CT molecular complexity index is 408. The minimum absolute atomic E-state index is 0.257. The van der Waals surface area contributed by atoms with Crippen molar-refractivity contribution >= 4 is 17.3 Å². The second kappa shape index (κ2) is 6.79. The van der Waals surface area contributed by atoms with Crippen LogP contribution in [0.1, 0.15) is 20.3 Å². The average molecular weight is 296 g/mol. The van der Waals surface area contributed by atoms with E-state index in [-0.39, 0.29) is 5.41 Å². The lowest BCUT2D eigenvalue weighted by Crippen LogP contribution is -2.47. The second-order valence-corrected chi connectivity index (χ2v) is 6.86. The predicted octanol–water partition coefficient (Wildman–Crippen LogP) is 2.84. The van der Waals surface area contributed by atoms with Crippen molar-refractivity contribution < 1.29 is 0 Å². The highest BCUT2D eigenvalue weighted by Gasteiger charge is 2.20. The minimum Gasteiger partial charge on any atom is -0.369 e. The molecule has 2 N–H and O–H groups in total. The van der Waals surface area contributed by atoms with Gasteiger partial charge in [-0.2, -0.15) is 0 Å². The molecule has 1 aromatic carbocycles. The van der Waals surface area contributed by atoms with Crippen LogP contribution in [0.15, 0.2) is 24.3 Å². The molecule has 0 atom stereocenters. The van der Waals surface area contributed by atoms with Gasteiger partial charge in [0.2, 0.25) is 0 Å². The van der Waals surface area contributed by atoms with E-state index in [0.29, 0.717) is 0 Å². The first-order chi connectivity index (χ1) is 9.50. The molecule has 0 aliphatic carbocycles. The standard InChI is InChI=1S/C16H26ClN3/c1-16(2,13-18)7-8-19-9-11-20(12-10-19)15-5-3-14(17)4-6-15/h3-6H,7-13,18H2,1-2H3. The molecule has 0 saturated carbocycles. The smallest absolute Gasteiger partial charge is 0.0407 e. The molecule has 3 nitrogen and oxygen atoms in total. The van der Waals surface area contributed by atoms with Crippen molar-refractivity contribution in [1.82, 2.24) is 4.90 Å². The number of nitrogens with zero attached hydrogens (tertiary/aromatic N) is 2. The summed E-state index contributed by atoms with van der Waals surface area (Å²) in [5, 5.41) is 0.802. The van der Waals surface area contributed by atoms with Gasteiger partial charge in [-0.15, -0.1) is 0 Å². The molecule has 1 saturated heterocycles. The molecule has 0 aromatic heterocycles. The second-order valence-electron chi connectivity index (χ2n) is 6.42. The zero-order valence-corrected chi connectivity index (χ0v) is 13.4. The summed E-state index contributed by atoms with van der Waals surface area (Å²) in [6.07, 6.45) is 1.17. The Morgan fingerprint density at radius 1 is 1.10 bits per heavy atom. The number of hydrogen-bond acceptors (Lipinski definition) is 3. The van der Waals surface area contributed by atoms with Gasteiger partial charge in [-0.25, -0.2) is 0 Å². The fourth-order valence-corrected chi connectivity index (χ4v) is 2.57. The van der Waals surface area contributed by atoms with E-state index in [2.05, 4.69) is 35.8 Å². The highest BCUT2D eigenvalue weighted by molar-refractivity contribution is 6.30. The van der Waals surface area contributed by atoms with Crippen LogP contribution in [0.5, 0.6) is 0 Å². The zero-order valence-electron chi connectivity index (χ0n) is 12.6. The normalized spacial score (nSPS) is 17.5. The van der Waals surface area contributed by atoms with E-state index in [9.17, 15) is 0 Å². The van der Waals surface area contributed by atoms with Gasteiger partial charge in [-0.3, -0.25) is 4.90 Å². The Morgan fingerprint density at radius 3 is 2.25 bits per heavy atom. The van der Waals surface area contributed by atoms with Crippen LogP contribution in [0.25, 0.3) is 0 Å². The Balaban J connectivity index is 1.79. The van der Waals surface area contributed by atoms with E-state index in [1.165, 1.54) is 12.1 Å². The summed E-state index contributed by atoms with van der Waals surface area (Å²) in [6, 6.07) is 8.14. The van der Waals surface area contributed by atoms with Crippen LogP contribution in [0.4, 0.5) is 5.69 Å². The fourth-order valence-electron chi connectivity index (χ4n) is 2.44. The number of hydrogen-bond donors (Lipinski definition) is 1. The maximum absolute atomic E-state index is 5.93. The lowest BCUT2D eigenvalue weighted by atomic mass is 9.89. The summed E-state index contributed by atoms with van der Waals surface area (Å²) in [6.45, 7) is 10.8. The molecule has 1 fully saturated rings. The van der Waals surface area contributed by atoms with Crippen LogP contribution >= 0.6 is 11.6 Å². The molecular formula is C16H26ClN3. The molecule has 0 unspecified atom stereocenters. The Labute approximate surface area is 127 Å². The van der Waals surface area contributed by atoms with Crippen molar-refractivity contribution in [3.8, 4) is 0 Å². The maximum Gasteiger partial charge on any atom is 0.0407 e. The van der Waals surface area contributed by atoms with Crippen LogP contribution < -0.4 is 10.6 Å². The van der Waals surface area contributed by atoms with E-state index < -0.39 is 0 Å². The van der Waals surface area contributed by atoms with E-state index in [4.69, 9.17) is 17.3 Å². The Hall–Kier alpha value is -0.770. The summed E-state index contributed by atoms with van der Waals surface area (Å²) in [7, 11) is 0. The number of anilines is 1. The van der Waals surface area contributed by atoms with Crippen LogP contribution in [0, 0.1) is 5.41 Å². The van der Waals surface area contributed by atoms with Crippen molar-refractivity contribution in [3.63, 3.8) is 0 Å². The summed E-state index contributed by atoms with van der Waals surface area (Å²) >= 11 is 5.93. The van der Waals surface area contributed by atoms with Crippen LogP contribution in [-0.4, -0.2) is 44.2 Å². The lowest BCUT2D eigenvalue weighted by Gasteiger charge is -2.37. The fraction of sp³-hybridized carbons (Fsp3) is 0.625. The molecule has 1 aliphatic heterocycles. The first-order valence-corrected chi connectivity index (χ1v) is 7.81. The highest BCUT2D eigenvalue weighted by Crippen LogP contribution is 2.21. The zero-order chi connectivity index (χ0) is 14.6. The van der Waals surface area contributed by atoms with Crippen LogP contribution in [0.2, 0.25) is 5.02 Å². The van der Waals surface area contributed by atoms with E-state index >= 15 is 0 Å². The Morgan fingerprint density at radius 2 is 1.70 bits per heavy atom. The van der Waals surface area contributed by atoms with Crippen molar-refractivity contribution in [1.29, 1.82) is 0 Å². The van der Waals surface area contributed by atoms with Gasteiger partial charge >= 0.3 is 0 Å². The van der Waals surface area contributed by atoms with Gasteiger partial charge in [0.15, 0.2) is 0 Å². The monoisotopic (exact) mass is 295 g/mol. The largest absolute Gasteiger partial charge is 0.369 e. The van der Waals surface area contributed by atoms with E-state index in [1.807, 2.05) is 12.1 Å². The number of rotatable bonds is 5. The average Bonchev–Trinajstić information content (AvgIpc) is 2.47. The van der Waals surface area contributed by atoms with Crippen LogP contribution in [-0.2, 0) is 0 Å². The molecule has 20 heavy (non-hydrogen) atoms. The topological polar surface area (TPSA) is 32.5 Å². The van der Waals surface area contributed by atoms with Gasteiger partial charge in [0, 0.05) is 36.9 Å². The molecule has 1 aliphatic rings. The maximum atomic E-state index is 5.93. The molecule has 112 valence electrons. The van der Waals surface area contributed by atoms with Crippen LogP contribution in [0.3, 0.4) is 0 Å². The predicted molar refractivity (Wildman–Crippen MR) is 87.6 cm³/mol. The van der Waals surface area contributed by atoms with Crippen molar-refractivity contribution in [3.05, 3.63) is 29.3 Å². The third kappa shape index (κ3) is 4.37. The first kappa shape index (κ1) is 15.6. The van der Waals surface area contributed by atoms with Crippen molar-refractivity contribution in [2.24, 2.45) is 11.1 Å². The van der Waals surface area contributed by atoms with E-state index in [1.54, 1.807) is 0 Å². The molecule has 2 rings (SSSR count). The quantitative estimate of drug-likeness (QED) is 0.907. The molecule has 0 radical (unpaired) electrons. The third-order valence-electron chi connectivity index (χ3n) is 4.22. The molecule has 4 heteroatoms.